The van der Waals surface area contributed by atoms with Gasteiger partial charge in [0.1, 0.15) is 12.1 Å². The Balaban J connectivity index is 1.29. The van der Waals surface area contributed by atoms with Gasteiger partial charge in [-0.15, -0.1) is 0 Å². The van der Waals surface area contributed by atoms with Crippen LogP contribution in [0.1, 0.15) is 141 Å². The number of hydrogen-bond donors (Lipinski definition) is 0. The lowest BCUT2D eigenvalue weighted by atomic mass is 9.91. The SMILES string of the molecule is O=C1C[C@@H](N(C(=O)C(=O)N(C2CCCCC2)[C@H]2CC(=O)N(C3CCCCC3)C2=O)C2CCCCC2)C(=O)N1C1CCCCC1. The Kier molecular flexibility index (Phi) is 9.71. The van der Waals surface area contributed by atoms with Crippen LogP contribution in [0.2, 0.25) is 0 Å². The number of likely N-dealkylation sites (tertiary alicyclic amines) is 2. The van der Waals surface area contributed by atoms with Gasteiger partial charge < -0.3 is 9.80 Å². The fourth-order valence-corrected chi connectivity index (χ4v) is 9.21. The van der Waals surface area contributed by atoms with Gasteiger partial charge in [-0.1, -0.05) is 77.0 Å². The Hall–Kier alpha value is -2.78. The zero-order chi connectivity index (χ0) is 30.8. The number of imide groups is 2. The third kappa shape index (κ3) is 6.06. The van der Waals surface area contributed by atoms with Crippen molar-refractivity contribution in [3.8, 4) is 0 Å². The highest BCUT2D eigenvalue weighted by atomic mass is 16.2. The molecule has 2 heterocycles. The predicted octanol–water partition coefficient (Wildman–Crippen LogP) is 4.23. The second-order valence-electron chi connectivity index (χ2n) is 14.2. The summed E-state index contributed by atoms with van der Waals surface area (Å²) in [7, 11) is 0. The van der Waals surface area contributed by atoms with Crippen molar-refractivity contribution in [2.75, 3.05) is 0 Å². The predicted molar refractivity (Wildman–Crippen MR) is 162 cm³/mol. The fraction of sp³-hybridized carbons (Fsp3) is 0.824. The van der Waals surface area contributed by atoms with Crippen molar-refractivity contribution in [1.82, 2.24) is 19.6 Å². The molecule has 6 aliphatic rings. The maximum Gasteiger partial charge on any atom is 0.313 e. The third-order valence-corrected chi connectivity index (χ3v) is 11.5. The minimum Gasteiger partial charge on any atom is -0.319 e. The average molecular weight is 611 g/mol. The van der Waals surface area contributed by atoms with Gasteiger partial charge in [-0.2, -0.15) is 0 Å². The topological polar surface area (TPSA) is 115 Å². The second-order valence-corrected chi connectivity index (χ2v) is 14.2. The van der Waals surface area contributed by atoms with Crippen LogP contribution in [-0.2, 0) is 28.8 Å². The smallest absolute Gasteiger partial charge is 0.313 e. The molecule has 10 nitrogen and oxygen atoms in total. The van der Waals surface area contributed by atoms with E-state index in [1.54, 1.807) is 0 Å². The van der Waals surface area contributed by atoms with E-state index in [0.717, 1.165) is 103 Å². The maximum atomic E-state index is 14.5. The van der Waals surface area contributed by atoms with E-state index in [0.29, 0.717) is 25.7 Å². The molecule has 44 heavy (non-hydrogen) atoms. The van der Waals surface area contributed by atoms with Crippen molar-refractivity contribution >= 4 is 35.4 Å². The molecule has 0 radical (unpaired) electrons. The van der Waals surface area contributed by atoms with E-state index in [4.69, 9.17) is 0 Å². The van der Waals surface area contributed by atoms with Gasteiger partial charge in [0.15, 0.2) is 0 Å². The summed E-state index contributed by atoms with van der Waals surface area (Å²) in [6, 6.07) is -2.87. The maximum absolute atomic E-state index is 14.5. The van der Waals surface area contributed by atoms with Crippen LogP contribution in [-0.4, -0.2) is 91.3 Å². The Morgan fingerprint density at radius 3 is 1.07 bits per heavy atom. The van der Waals surface area contributed by atoms with Gasteiger partial charge in [0.25, 0.3) is 11.8 Å². The standard InChI is InChI=1S/C34H50N4O6/c39-29-21-27(31(41)37(29)25-17-9-3-10-18-25)35(23-13-5-1-6-14-23)33(43)34(44)36(24-15-7-2-8-16-24)28-22-30(40)38(32(28)42)26-19-11-4-12-20-26/h23-28H,1-22H2/t27-,28+. The molecule has 4 saturated carbocycles. The summed E-state index contributed by atoms with van der Waals surface area (Å²) in [5.74, 6) is -2.78. The van der Waals surface area contributed by atoms with Crippen LogP contribution in [0.5, 0.6) is 0 Å². The minimum absolute atomic E-state index is 0.0927. The largest absolute Gasteiger partial charge is 0.319 e. The number of amides is 6. The van der Waals surface area contributed by atoms with Crippen molar-refractivity contribution in [2.24, 2.45) is 0 Å². The number of nitrogens with zero attached hydrogens (tertiary/aromatic N) is 4. The highest BCUT2D eigenvalue weighted by Gasteiger charge is 2.53. The molecule has 242 valence electrons. The van der Waals surface area contributed by atoms with E-state index >= 15 is 0 Å². The molecule has 0 unspecified atom stereocenters. The van der Waals surface area contributed by atoms with Crippen molar-refractivity contribution in [1.29, 1.82) is 0 Å². The molecule has 6 rings (SSSR count). The summed E-state index contributed by atoms with van der Waals surface area (Å²) in [6.07, 6.45) is 17.4. The van der Waals surface area contributed by atoms with Gasteiger partial charge in [0.05, 0.1) is 12.8 Å². The van der Waals surface area contributed by atoms with Crippen LogP contribution in [0.15, 0.2) is 0 Å². The molecule has 2 aliphatic heterocycles. The third-order valence-electron chi connectivity index (χ3n) is 11.5. The Morgan fingerprint density at radius 2 is 0.750 bits per heavy atom. The van der Waals surface area contributed by atoms with Gasteiger partial charge in [0, 0.05) is 24.2 Å². The lowest BCUT2D eigenvalue weighted by molar-refractivity contribution is -0.162. The molecular weight excluding hydrogens is 560 g/mol. The molecule has 0 aromatic carbocycles. The second kappa shape index (κ2) is 13.7. The fourth-order valence-electron chi connectivity index (χ4n) is 9.21. The molecule has 0 aromatic rings. The van der Waals surface area contributed by atoms with E-state index in [9.17, 15) is 28.8 Å². The van der Waals surface area contributed by atoms with Crippen LogP contribution in [0.3, 0.4) is 0 Å². The summed E-state index contributed by atoms with van der Waals surface area (Å²) in [5.41, 5.74) is 0. The van der Waals surface area contributed by atoms with Gasteiger partial charge in [-0.05, 0) is 51.4 Å². The molecule has 0 bridgehead atoms. The number of hydrogen-bond acceptors (Lipinski definition) is 6. The molecule has 2 atom stereocenters. The van der Waals surface area contributed by atoms with E-state index in [1.165, 1.54) is 19.6 Å². The Bertz CT molecular complexity index is 1040. The first-order valence-corrected chi connectivity index (χ1v) is 17.7. The molecule has 0 spiro atoms. The highest BCUT2D eigenvalue weighted by Crippen LogP contribution is 2.36. The lowest BCUT2D eigenvalue weighted by Crippen LogP contribution is -2.60. The quantitative estimate of drug-likeness (QED) is 0.328. The summed E-state index contributed by atoms with van der Waals surface area (Å²) < 4.78 is 0. The van der Waals surface area contributed by atoms with Crippen LogP contribution in [0.4, 0.5) is 0 Å². The molecule has 2 saturated heterocycles. The zero-order valence-corrected chi connectivity index (χ0v) is 26.3. The first-order valence-electron chi connectivity index (χ1n) is 17.7. The normalized spacial score (nSPS) is 28.6. The van der Waals surface area contributed by atoms with Gasteiger partial charge in [0.2, 0.25) is 11.8 Å². The van der Waals surface area contributed by atoms with Crippen LogP contribution < -0.4 is 0 Å². The Labute approximate surface area is 261 Å². The van der Waals surface area contributed by atoms with Crippen molar-refractivity contribution < 1.29 is 28.8 Å². The van der Waals surface area contributed by atoms with Crippen molar-refractivity contribution in [3.05, 3.63) is 0 Å². The number of carbonyl (C=O) groups is 6. The summed E-state index contributed by atoms with van der Waals surface area (Å²) in [5, 5.41) is 0. The monoisotopic (exact) mass is 610 g/mol. The van der Waals surface area contributed by atoms with Gasteiger partial charge in [-0.3, -0.25) is 38.6 Å². The number of rotatable bonds is 6. The van der Waals surface area contributed by atoms with Gasteiger partial charge >= 0.3 is 11.8 Å². The minimum atomic E-state index is -0.989. The van der Waals surface area contributed by atoms with Crippen molar-refractivity contribution in [2.45, 2.75) is 178 Å². The van der Waals surface area contributed by atoms with E-state index in [1.807, 2.05) is 0 Å². The first kappa shape index (κ1) is 31.2. The summed E-state index contributed by atoms with van der Waals surface area (Å²) >= 11 is 0. The molecule has 0 aromatic heterocycles. The van der Waals surface area contributed by atoms with Crippen LogP contribution in [0.25, 0.3) is 0 Å². The molecule has 0 N–H and O–H groups in total. The lowest BCUT2D eigenvalue weighted by Gasteiger charge is -2.41. The molecule has 10 heteroatoms. The van der Waals surface area contributed by atoms with E-state index < -0.39 is 23.9 Å². The van der Waals surface area contributed by atoms with Crippen LogP contribution >= 0.6 is 0 Å². The van der Waals surface area contributed by atoms with Crippen LogP contribution in [0, 0.1) is 0 Å². The number of carbonyl (C=O) groups excluding carboxylic acids is 6. The molecule has 6 fully saturated rings. The molecular formula is C34H50N4O6. The average Bonchev–Trinajstić information content (AvgIpc) is 3.51. The van der Waals surface area contributed by atoms with Gasteiger partial charge in [-0.25, -0.2) is 0 Å². The summed E-state index contributed by atoms with van der Waals surface area (Å²) in [4.78, 5) is 89.3. The summed E-state index contributed by atoms with van der Waals surface area (Å²) in [6.45, 7) is 0. The van der Waals surface area contributed by atoms with E-state index in [2.05, 4.69) is 0 Å². The Morgan fingerprint density at radius 1 is 0.455 bits per heavy atom. The molecule has 4 aliphatic carbocycles. The first-order chi connectivity index (χ1) is 21.4. The van der Waals surface area contributed by atoms with E-state index in [-0.39, 0.29) is 60.6 Å². The molecule has 6 amide bonds. The van der Waals surface area contributed by atoms with Crippen molar-refractivity contribution in [3.63, 3.8) is 0 Å². The zero-order valence-electron chi connectivity index (χ0n) is 26.3. The highest BCUT2D eigenvalue weighted by molar-refractivity contribution is 6.36.